The molecule has 3 heterocycles. The molecule has 0 amide bonds. The lowest BCUT2D eigenvalue weighted by Crippen LogP contribution is -2.74. The Morgan fingerprint density at radius 3 is 2.44 bits per heavy atom. The Hall–Kier alpha value is -1.26. The van der Waals surface area contributed by atoms with E-state index < -0.39 is 0 Å². The average Bonchev–Trinajstić information content (AvgIpc) is 3.64. The molecule has 3 aliphatic heterocycles. The maximum atomic E-state index is 4.52. The van der Waals surface area contributed by atoms with Crippen LogP contribution in [0.3, 0.4) is 0 Å². The summed E-state index contributed by atoms with van der Waals surface area (Å²) >= 11 is 0. The summed E-state index contributed by atoms with van der Waals surface area (Å²) in [4.78, 5) is 6.20. The summed E-state index contributed by atoms with van der Waals surface area (Å²) in [6.45, 7) is 5.34. The van der Waals surface area contributed by atoms with Crippen LogP contribution in [0.1, 0.15) is 162 Å². The van der Waals surface area contributed by atoms with E-state index in [0.717, 1.165) is 59.6 Å². The average molecular weight is 681 g/mol. The van der Waals surface area contributed by atoms with E-state index in [1.807, 2.05) is 5.70 Å². The summed E-state index contributed by atoms with van der Waals surface area (Å²) in [5, 5.41) is 9.01. The first-order valence-corrected chi connectivity index (χ1v) is 22.7. The van der Waals surface area contributed by atoms with Crippen molar-refractivity contribution in [3.05, 3.63) is 35.7 Å². The van der Waals surface area contributed by atoms with Crippen LogP contribution in [-0.2, 0) is 0 Å². The molecule has 0 bridgehead atoms. The Labute approximate surface area is 306 Å². The fraction of sp³-hybridized carbons (Fsp3) is 0.870. The Morgan fingerprint density at radius 1 is 0.680 bits per heavy atom. The van der Waals surface area contributed by atoms with Crippen molar-refractivity contribution < 1.29 is 0 Å². The van der Waals surface area contributed by atoms with Crippen LogP contribution in [0.5, 0.6) is 0 Å². The van der Waals surface area contributed by atoms with Crippen molar-refractivity contribution in [2.45, 2.75) is 204 Å². The zero-order valence-electron chi connectivity index (χ0n) is 32.1. The SMILES string of the molecule is CC1CCCC2NC(N3C4=CCC(C5CCC6C(C5)C5C=CCCC5N6C5=CCCCC5)CC4(C)C4CCCCC43)C(C3CCCCC3)NC12. The monoisotopic (exact) mass is 681 g/mol. The summed E-state index contributed by atoms with van der Waals surface area (Å²) in [5.74, 6) is 5.99. The Balaban J connectivity index is 0.931. The summed E-state index contributed by atoms with van der Waals surface area (Å²) < 4.78 is 0. The highest BCUT2D eigenvalue weighted by Crippen LogP contribution is 2.62. The van der Waals surface area contributed by atoms with E-state index in [0.29, 0.717) is 29.7 Å². The predicted octanol–water partition coefficient (Wildman–Crippen LogP) is 10.1. The molecule has 10 rings (SSSR count). The predicted molar refractivity (Wildman–Crippen MR) is 206 cm³/mol. The maximum absolute atomic E-state index is 4.52. The molecule has 50 heavy (non-hydrogen) atoms. The highest BCUT2D eigenvalue weighted by molar-refractivity contribution is 5.29. The van der Waals surface area contributed by atoms with Crippen LogP contribution in [0.2, 0.25) is 0 Å². The van der Waals surface area contributed by atoms with E-state index in [-0.39, 0.29) is 0 Å². The largest absolute Gasteiger partial charge is 0.368 e. The zero-order chi connectivity index (χ0) is 33.4. The molecule has 0 spiro atoms. The number of piperazine rings is 1. The lowest BCUT2D eigenvalue weighted by molar-refractivity contribution is 0.00953. The van der Waals surface area contributed by atoms with Crippen LogP contribution in [0.15, 0.2) is 35.7 Å². The van der Waals surface area contributed by atoms with Crippen LogP contribution in [0.4, 0.5) is 0 Å². The van der Waals surface area contributed by atoms with Gasteiger partial charge in [0.2, 0.25) is 0 Å². The van der Waals surface area contributed by atoms with Gasteiger partial charge in [0.25, 0.3) is 0 Å². The second-order valence-electron chi connectivity index (χ2n) is 20.1. The molecule has 3 saturated heterocycles. The molecule has 0 aromatic heterocycles. The van der Waals surface area contributed by atoms with Gasteiger partial charge >= 0.3 is 0 Å². The standard InChI is InChI=1S/C46H72N4/c1-30-14-13-21-38-43(30)48-44(31-15-5-3-6-16-31)45(47-38)50-41-23-12-10-20-37(41)46(2)29-33(25-27-42(46)50)32-24-26-40-36(28-32)35-19-9-11-22-39(35)49(40)34-17-7-4-8-18-34/h9,17,19,27,30-33,35-41,43-45,47-48H,3-8,10-16,18,20-26,28-29H2,1-2H3. The van der Waals surface area contributed by atoms with Crippen LogP contribution < -0.4 is 10.6 Å². The van der Waals surface area contributed by atoms with Crippen LogP contribution >= 0.6 is 0 Å². The van der Waals surface area contributed by atoms with E-state index in [4.69, 9.17) is 0 Å². The van der Waals surface area contributed by atoms with Gasteiger partial charge in [0.1, 0.15) is 0 Å². The van der Waals surface area contributed by atoms with Gasteiger partial charge in [0.05, 0.1) is 6.17 Å². The fourth-order valence-electron chi connectivity index (χ4n) is 15.4. The van der Waals surface area contributed by atoms with Crippen molar-refractivity contribution in [1.29, 1.82) is 0 Å². The van der Waals surface area contributed by atoms with Crippen molar-refractivity contribution in [2.75, 3.05) is 0 Å². The molecule has 7 fully saturated rings. The number of allylic oxidation sites excluding steroid dienone is 5. The molecule has 14 unspecified atom stereocenters. The van der Waals surface area contributed by atoms with E-state index in [2.05, 4.69) is 58.6 Å². The second kappa shape index (κ2) is 13.5. The third-order valence-electron chi connectivity index (χ3n) is 17.7. The van der Waals surface area contributed by atoms with Crippen molar-refractivity contribution in [3.8, 4) is 0 Å². The first kappa shape index (κ1) is 33.3. The number of fused-ring (bicyclic) bond motifs is 7. The van der Waals surface area contributed by atoms with Crippen LogP contribution in [0.25, 0.3) is 0 Å². The molecule has 4 heteroatoms. The smallest absolute Gasteiger partial charge is 0.0957 e. The van der Waals surface area contributed by atoms with E-state index >= 15 is 0 Å². The van der Waals surface area contributed by atoms with Gasteiger partial charge in [0, 0.05) is 59.0 Å². The molecule has 0 radical (unpaired) electrons. The van der Waals surface area contributed by atoms with Gasteiger partial charge in [0.15, 0.2) is 0 Å². The molecule has 0 aromatic rings. The molecule has 276 valence electrons. The third-order valence-corrected chi connectivity index (χ3v) is 17.7. The Morgan fingerprint density at radius 2 is 1.56 bits per heavy atom. The highest BCUT2D eigenvalue weighted by Gasteiger charge is 2.60. The van der Waals surface area contributed by atoms with E-state index in [1.54, 1.807) is 5.70 Å². The van der Waals surface area contributed by atoms with Crippen molar-refractivity contribution in [2.24, 2.45) is 46.8 Å². The second-order valence-corrected chi connectivity index (χ2v) is 20.1. The normalized spacial score (nSPS) is 49.3. The topological polar surface area (TPSA) is 30.5 Å². The molecule has 2 N–H and O–H groups in total. The first-order valence-electron chi connectivity index (χ1n) is 22.7. The minimum absolute atomic E-state index is 0.363. The first-order chi connectivity index (χ1) is 24.6. The Bertz CT molecular complexity index is 1330. The van der Waals surface area contributed by atoms with Gasteiger partial charge in [-0.3, -0.25) is 5.32 Å². The molecule has 4 nitrogen and oxygen atoms in total. The minimum atomic E-state index is 0.363. The van der Waals surface area contributed by atoms with E-state index in [9.17, 15) is 0 Å². The van der Waals surface area contributed by atoms with Crippen molar-refractivity contribution in [3.63, 3.8) is 0 Å². The van der Waals surface area contributed by atoms with Gasteiger partial charge < -0.3 is 15.1 Å². The number of likely N-dealkylation sites (tertiary alicyclic amines) is 2. The number of nitrogens with zero attached hydrogens (tertiary/aromatic N) is 2. The molecule has 0 aromatic carbocycles. The lowest BCUT2D eigenvalue weighted by Gasteiger charge is -2.55. The number of hydrogen-bond acceptors (Lipinski definition) is 4. The highest BCUT2D eigenvalue weighted by atomic mass is 15.4. The molecule has 14 atom stereocenters. The maximum Gasteiger partial charge on any atom is 0.0957 e. The lowest BCUT2D eigenvalue weighted by atomic mass is 9.59. The Kier molecular flexibility index (Phi) is 9.03. The summed E-state index contributed by atoms with van der Waals surface area (Å²) in [5.41, 5.74) is 3.93. The van der Waals surface area contributed by atoms with Crippen LogP contribution in [-0.4, -0.2) is 52.2 Å². The quantitative estimate of drug-likeness (QED) is 0.290. The van der Waals surface area contributed by atoms with Crippen molar-refractivity contribution in [1.82, 2.24) is 20.4 Å². The molecule has 7 aliphatic carbocycles. The fourth-order valence-corrected chi connectivity index (χ4v) is 15.4. The van der Waals surface area contributed by atoms with E-state index in [1.165, 1.54) is 148 Å². The molecular weight excluding hydrogens is 609 g/mol. The number of rotatable bonds is 4. The van der Waals surface area contributed by atoms with Gasteiger partial charge in [-0.1, -0.05) is 76.7 Å². The molecular formula is C46H72N4. The van der Waals surface area contributed by atoms with Gasteiger partial charge in [-0.2, -0.15) is 0 Å². The van der Waals surface area contributed by atoms with Gasteiger partial charge in [-0.25, -0.2) is 0 Å². The van der Waals surface area contributed by atoms with Gasteiger partial charge in [-0.05, 0) is 145 Å². The minimum Gasteiger partial charge on any atom is -0.368 e. The van der Waals surface area contributed by atoms with Crippen molar-refractivity contribution >= 4 is 0 Å². The number of nitrogens with one attached hydrogen (secondary N) is 2. The van der Waals surface area contributed by atoms with Gasteiger partial charge in [-0.15, -0.1) is 0 Å². The summed E-state index contributed by atoms with van der Waals surface area (Å²) in [6.07, 6.45) is 44.0. The summed E-state index contributed by atoms with van der Waals surface area (Å²) in [6, 6.07) is 4.28. The molecule has 10 aliphatic rings. The summed E-state index contributed by atoms with van der Waals surface area (Å²) in [7, 11) is 0. The third kappa shape index (κ3) is 5.47. The zero-order valence-corrected chi connectivity index (χ0v) is 32.1. The number of hydrogen-bond donors (Lipinski definition) is 2. The van der Waals surface area contributed by atoms with Crippen LogP contribution in [0, 0.1) is 46.8 Å². The molecule has 4 saturated carbocycles.